The van der Waals surface area contributed by atoms with Crippen LogP contribution in [-0.2, 0) is 0 Å². The van der Waals surface area contributed by atoms with Gasteiger partial charge in [0.1, 0.15) is 5.75 Å². The maximum atomic E-state index is 6.12. The molecule has 2 aromatic rings. The Labute approximate surface area is 133 Å². The molecule has 112 valence electrons. The molecule has 0 unspecified atom stereocenters. The number of nitrogens with zero attached hydrogens (tertiary/aromatic N) is 3. The molecule has 0 spiro atoms. The topological polar surface area (TPSA) is 57.1 Å². The maximum Gasteiger partial charge on any atom is 0.329 e. The summed E-state index contributed by atoms with van der Waals surface area (Å²) in [5.74, 6) is 0.576. The van der Waals surface area contributed by atoms with Gasteiger partial charge in [-0.1, -0.05) is 11.6 Å². The Morgan fingerprint density at radius 1 is 0.952 bits per heavy atom. The van der Waals surface area contributed by atoms with Crippen LogP contribution in [0.5, 0.6) is 17.8 Å². The van der Waals surface area contributed by atoms with Gasteiger partial charge in [-0.25, -0.2) is 0 Å². The number of benzene rings is 1. The van der Waals surface area contributed by atoms with Crippen LogP contribution in [0, 0.1) is 13.8 Å². The molecule has 0 bridgehead atoms. The van der Waals surface area contributed by atoms with Gasteiger partial charge >= 0.3 is 12.0 Å². The number of aryl methyl sites for hydroxylation is 2. The van der Waals surface area contributed by atoms with Crippen LogP contribution in [0.3, 0.4) is 0 Å². The third-order valence-corrected chi connectivity index (χ3v) is 3.29. The maximum absolute atomic E-state index is 6.12. The first-order valence-electron chi connectivity index (χ1n) is 6.38. The zero-order valence-electron chi connectivity index (χ0n) is 12.1. The highest BCUT2D eigenvalue weighted by atomic mass is 35.5. The molecule has 0 saturated heterocycles. The lowest BCUT2D eigenvalue weighted by Crippen LogP contribution is -2.09. The molecule has 0 aliphatic carbocycles. The minimum Gasteiger partial charge on any atom is -0.461 e. The molecule has 0 aliphatic heterocycles. The van der Waals surface area contributed by atoms with Crippen LogP contribution in [0.15, 0.2) is 12.1 Å². The van der Waals surface area contributed by atoms with E-state index in [1.165, 1.54) is 0 Å². The third kappa shape index (κ3) is 4.19. The lowest BCUT2D eigenvalue weighted by atomic mass is 10.1. The van der Waals surface area contributed by atoms with Gasteiger partial charge in [0.2, 0.25) is 5.28 Å². The molecule has 7 heteroatoms. The van der Waals surface area contributed by atoms with Crippen molar-refractivity contribution in [2.24, 2.45) is 0 Å². The van der Waals surface area contributed by atoms with Gasteiger partial charge in [-0.3, -0.25) is 0 Å². The van der Waals surface area contributed by atoms with E-state index < -0.39 is 0 Å². The standard InChI is InChI=1S/C14H15Cl2N3O2/c1-7(2)20-13-17-12(16)18-14(19-13)21-10-5-8(3)11(15)9(4)6-10/h5-7H,1-4H3. The largest absolute Gasteiger partial charge is 0.461 e. The number of aromatic nitrogens is 3. The van der Waals surface area contributed by atoms with Crippen LogP contribution >= 0.6 is 23.2 Å². The normalized spacial score (nSPS) is 10.8. The van der Waals surface area contributed by atoms with Crippen LogP contribution in [0.4, 0.5) is 0 Å². The van der Waals surface area contributed by atoms with E-state index in [1.807, 2.05) is 27.7 Å². The van der Waals surface area contributed by atoms with Gasteiger partial charge in [-0.05, 0) is 62.6 Å². The fraction of sp³-hybridized carbons (Fsp3) is 0.357. The predicted molar refractivity (Wildman–Crippen MR) is 81.6 cm³/mol. The number of halogens is 2. The Balaban J connectivity index is 2.29. The molecular weight excluding hydrogens is 313 g/mol. The zero-order chi connectivity index (χ0) is 15.6. The summed E-state index contributed by atoms with van der Waals surface area (Å²) in [6, 6.07) is 3.81. The van der Waals surface area contributed by atoms with E-state index in [9.17, 15) is 0 Å². The summed E-state index contributed by atoms with van der Waals surface area (Å²) >= 11 is 12.0. The minimum absolute atomic E-state index is 0.0121. The molecule has 0 radical (unpaired) electrons. The van der Waals surface area contributed by atoms with Gasteiger partial charge in [0.15, 0.2) is 0 Å². The highest BCUT2D eigenvalue weighted by molar-refractivity contribution is 6.32. The molecule has 1 aromatic heterocycles. The van der Waals surface area contributed by atoms with Gasteiger partial charge in [-0.15, -0.1) is 4.98 Å². The van der Waals surface area contributed by atoms with Gasteiger partial charge in [0, 0.05) is 5.02 Å². The number of rotatable bonds is 4. The number of hydrogen-bond acceptors (Lipinski definition) is 5. The molecule has 0 saturated carbocycles. The summed E-state index contributed by atoms with van der Waals surface area (Å²) in [5, 5.41) is 0.720. The van der Waals surface area contributed by atoms with Crippen LogP contribution in [-0.4, -0.2) is 21.1 Å². The monoisotopic (exact) mass is 327 g/mol. The molecule has 5 nitrogen and oxygen atoms in total. The van der Waals surface area contributed by atoms with Crippen molar-refractivity contribution in [2.45, 2.75) is 33.8 Å². The van der Waals surface area contributed by atoms with E-state index in [1.54, 1.807) is 12.1 Å². The molecule has 0 atom stereocenters. The Kier molecular flexibility index (Phi) is 4.85. The minimum atomic E-state index is -0.0728. The van der Waals surface area contributed by atoms with Crippen LogP contribution < -0.4 is 9.47 Å². The molecule has 0 amide bonds. The number of ether oxygens (including phenoxy) is 2. The Bertz CT molecular complexity index is 640. The Morgan fingerprint density at radius 3 is 2.10 bits per heavy atom. The van der Waals surface area contributed by atoms with Crippen molar-refractivity contribution in [2.75, 3.05) is 0 Å². The first-order chi connectivity index (χ1) is 9.85. The van der Waals surface area contributed by atoms with Crippen molar-refractivity contribution in [1.29, 1.82) is 0 Å². The quantitative estimate of drug-likeness (QED) is 0.834. The van der Waals surface area contributed by atoms with E-state index >= 15 is 0 Å². The third-order valence-electron chi connectivity index (χ3n) is 2.53. The molecule has 1 aromatic carbocycles. The average molecular weight is 328 g/mol. The van der Waals surface area contributed by atoms with Crippen LogP contribution in [0.25, 0.3) is 0 Å². The Morgan fingerprint density at radius 2 is 1.52 bits per heavy atom. The Hall–Kier alpha value is -1.59. The van der Waals surface area contributed by atoms with Crippen molar-refractivity contribution in [1.82, 2.24) is 15.0 Å². The summed E-state index contributed by atoms with van der Waals surface area (Å²) in [4.78, 5) is 11.9. The fourth-order valence-corrected chi connectivity index (χ4v) is 1.95. The highest BCUT2D eigenvalue weighted by Crippen LogP contribution is 2.28. The van der Waals surface area contributed by atoms with E-state index in [4.69, 9.17) is 32.7 Å². The second kappa shape index (κ2) is 6.45. The molecule has 0 N–H and O–H groups in total. The van der Waals surface area contributed by atoms with Crippen molar-refractivity contribution in [3.63, 3.8) is 0 Å². The van der Waals surface area contributed by atoms with E-state index in [-0.39, 0.29) is 23.4 Å². The van der Waals surface area contributed by atoms with E-state index in [0.717, 1.165) is 11.1 Å². The van der Waals surface area contributed by atoms with E-state index in [2.05, 4.69) is 15.0 Å². The number of hydrogen-bond donors (Lipinski definition) is 0. The van der Waals surface area contributed by atoms with Gasteiger partial charge in [0.25, 0.3) is 0 Å². The van der Waals surface area contributed by atoms with Gasteiger partial charge in [-0.2, -0.15) is 9.97 Å². The summed E-state index contributed by atoms with van der Waals surface area (Å²) in [7, 11) is 0. The lowest BCUT2D eigenvalue weighted by molar-refractivity contribution is 0.218. The van der Waals surface area contributed by atoms with Crippen molar-refractivity contribution in [3.05, 3.63) is 33.6 Å². The summed E-state index contributed by atoms with van der Waals surface area (Å²) in [6.45, 7) is 7.53. The first-order valence-corrected chi connectivity index (χ1v) is 7.13. The molecule has 0 aliphatic rings. The van der Waals surface area contributed by atoms with E-state index in [0.29, 0.717) is 10.8 Å². The van der Waals surface area contributed by atoms with Crippen LogP contribution in [0.1, 0.15) is 25.0 Å². The second-order valence-corrected chi connectivity index (χ2v) is 5.53. The van der Waals surface area contributed by atoms with Crippen LogP contribution in [0.2, 0.25) is 10.3 Å². The van der Waals surface area contributed by atoms with Gasteiger partial charge < -0.3 is 9.47 Å². The molecule has 1 heterocycles. The highest BCUT2D eigenvalue weighted by Gasteiger charge is 2.11. The molecule has 0 fully saturated rings. The molecule has 21 heavy (non-hydrogen) atoms. The SMILES string of the molecule is Cc1cc(Oc2nc(Cl)nc(OC(C)C)n2)cc(C)c1Cl. The van der Waals surface area contributed by atoms with Gasteiger partial charge in [0.05, 0.1) is 6.10 Å². The smallest absolute Gasteiger partial charge is 0.329 e. The summed E-state index contributed by atoms with van der Waals surface area (Å²) < 4.78 is 11.0. The molecule has 2 rings (SSSR count). The second-order valence-electron chi connectivity index (χ2n) is 4.81. The fourth-order valence-electron chi connectivity index (χ4n) is 1.69. The summed E-state index contributed by atoms with van der Waals surface area (Å²) in [5.41, 5.74) is 1.82. The van der Waals surface area contributed by atoms with Crippen molar-refractivity contribution < 1.29 is 9.47 Å². The predicted octanol–water partition coefficient (Wildman–Crippen LogP) is 4.37. The zero-order valence-corrected chi connectivity index (χ0v) is 13.7. The average Bonchev–Trinajstić information content (AvgIpc) is 2.34. The lowest BCUT2D eigenvalue weighted by Gasteiger charge is -2.10. The summed E-state index contributed by atoms with van der Waals surface area (Å²) in [6.07, 6.45) is -0.0728. The molecular formula is C14H15Cl2N3O2. The van der Waals surface area contributed by atoms with Crippen molar-refractivity contribution >= 4 is 23.2 Å². The first kappa shape index (κ1) is 15.8. The van der Waals surface area contributed by atoms with Crippen molar-refractivity contribution in [3.8, 4) is 17.8 Å².